The van der Waals surface area contributed by atoms with E-state index < -0.39 is 0 Å². The highest BCUT2D eigenvalue weighted by atomic mass is 79.9. The average molecular weight is 357 g/mol. The van der Waals surface area contributed by atoms with Gasteiger partial charge in [-0.15, -0.1) is 0 Å². The third kappa shape index (κ3) is 2.64. The Morgan fingerprint density at radius 3 is 2.75 bits per heavy atom. The molecule has 2 aromatic carbocycles. The molecule has 0 unspecified atom stereocenters. The van der Waals surface area contributed by atoms with Gasteiger partial charge in [0.15, 0.2) is 11.5 Å². The molecule has 0 spiro atoms. The summed E-state index contributed by atoms with van der Waals surface area (Å²) in [5, 5.41) is 13.5. The first kappa shape index (κ1) is 13.4. The Labute approximate surface area is 129 Å². The molecule has 2 aromatic rings. The topological polar surface area (TPSA) is 50.7 Å². The fraction of sp³-hybridized carbons (Fsp3) is 0.143. The predicted molar refractivity (Wildman–Crippen MR) is 80.7 cm³/mol. The molecule has 0 bridgehead atoms. The largest absolute Gasteiger partial charge is 0.508 e. The molecule has 0 atom stereocenters. The van der Waals surface area contributed by atoms with Gasteiger partial charge in [-0.3, -0.25) is 0 Å². The zero-order valence-corrected chi connectivity index (χ0v) is 12.7. The number of anilines is 1. The van der Waals surface area contributed by atoms with Crippen LogP contribution < -0.4 is 14.8 Å². The lowest BCUT2D eigenvalue weighted by atomic mass is 10.2. The number of aromatic hydroxyl groups is 1. The smallest absolute Gasteiger partial charge is 0.231 e. The van der Waals surface area contributed by atoms with Crippen molar-refractivity contribution in [1.29, 1.82) is 0 Å². The van der Waals surface area contributed by atoms with Crippen molar-refractivity contribution in [3.63, 3.8) is 0 Å². The lowest BCUT2D eigenvalue weighted by Gasteiger charge is -2.11. The first-order valence-corrected chi connectivity index (χ1v) is 7.11. The monoisotopic (exact) mass is 355 g/mol. The van der Waals surface area contributed by atoms with Gasteiger partial charge in [-0.25, -0.2) is 0 Å². The minimum absolute atomic E-state index is 0.210. The zero-order chi connectivity index (χ0) is 14.1. The van der Waals surface area contributed by atoms with Crippen LogP contribution >= 0.6 is 27.5 Å². The Hall–Kier alpha value is -1.59. The average Bonchev–Trinajstić information content (AvgIpc) is 2.86. The normalized spacial score (nSPS) is 12.5. The first-order valence-electron chi connectivity index (χ1n) is 5.94. The van der Waals surface area contributed by atoms with Crippen molar-refractivity contribution in [2.24, 2.45) is 0 Å². The van der Waals surface area contributed by atoms with Gasteiger partial charge in [0.2, 0.25) is 6.79 Å². The molecule has 2 N–H and O–H groups in total. The summed E-state index contributed by atoms with van der Waals surface area (Å²) in [5.41, 5.74) is 1.50. The van der Waals surface area contributed by atoms with E-state index in [0.29, 0.717) is 23.1 Å². The van der Waals surface area contributed by atoms with E-state index in [0.717, 1.165) is 15.7 Å². The molecule has 0 fully saturated rings. The maximum Gasteiger partial charge on any atom is 0.231 e. The third-order valence-electron chi connectivity index (χ3n) is 2.97. The Morgan fingerprint density at radius 2 is 1.95 bits per heavy atom. The highest BCUT2D eigenvalue weighted by molar-refractivity contribution is 9.10. The molecule has 1 heterocycles. The van der Waals surface area contributed by atoms with Crippen molar-refractivity contribution in [1.82, 2.24) is 0 Å². The number of hydrogen-bond acceptors (Lipinski definition) is 4. The summed E-state index contributed by atoms with van der Waals surface area (Å²) in [7, 11) is 0. The Morgan fingerprint density at radius 1 is 1.20 bits per heavy atom. The number of rotatable bonds is 3. The van der Waals surface area contributed by atoms with Crippen LogP contribution in [-0.2, 0) is 6.54 Å². The lowest BCUT2D eigenvalue weighted by Crippen LogP contribution is -2.00. The van der Waals surface area contributed by atoms with Crippen LogP contribution in [0.15, 0.2) is 34.8 Å². The van der Waals surface area contributed by atoms with Gasteiger partial charge in [-0.2, -0.15) is 0 Å². The maximum absolute atomic E-state index is 9.80. The van der Waals surface area contributed by atoms with Gasteiger partial charge in [0.05, 0.1) is 10.7 Å². The van der Waals surface area contributed by atoms with Crippen LogP contribution in [0.5, 0.6) is 17.2 Å². The van der Waals surface area contributed by atoms with E-state index in [2.05, 4.69) is 21.2 Å². The number of nitrogens with one attached hydrogen (secondary N) is 1. The van der Waals surface area contributed by atoms with Gasteiger partial charge >= 0.3 is 0 Å². The fourth-order valence-electron chi connectivity index (χ4n) is 1.94. The standard InChI is InChI=1S/C14H11BrClNO3/c15-9-1-2-12(18)8(3-9)6-17-11-5-14-13(4-10(11)16)19-7-20-14/h1-5,17-18H,6-7H2. The summed E-state index contributed by atoms with van der Waals surface area (Å²) in [6, 6.07) is 8.78. The van der Waals surface area contributed by atoms with Crippen LogP contribution in [0.4, 0.5) is 5.69 Å². The van der Waals surface area contributed by atoms with Crippen LogP contribution in [0.1, 0.15) is 5.56 Å². The minimum Gasteiger partial charge on any atom is -0.508 e. The first-order chi connectivity index (χ1) is 9.63. The molecule has 104 valence electrons. The van der Waals surface area contributed by atoms with E-state index in [1.54, 1.807) is 24.3 Å². The van der Waals surface area contributed by atoms with E-state index in [1.165, 1.54) is 0 Å². The van der Waals surface area contributed by atoms with Gasteiger partial charge in [0, 0.05) is 28.7 Å². The van der Waals surface area contributed by atoms with E-state index in [1.807, 2.05) is 6.07 Å². The molecule has 6 heteroatoms. The molecule has 1 aliphatic heterocycles. The van der Waals surface area contributed by atoms with Crippen LogP contribution in [0.25, 0.3) is 0 Å². The molecular formula is C14H11BrClNO3. The quantitative estimate of drug-likeness (QED) is 0.867. The molecule has 0 saturated carbocycles. The zero-order valence-electron chi connectivity index (χ0n) is 10.3. The summed E-state index contributed by atoms with van der Waals surface area (Å²) >= 11 is 9.55. The van der Waals surface area contributed by atoms with E-state index in [-0.39, 0.29) is 12.5 Å². The maximum atomic E-state index is 9.80. The van der Waals surface area contributed by atoms with Gasteiger partial charge < -0.3 is 19.9 Å². The third-order valence-corrected chi connectivity index (χ3v) is 3.78. The Kier molecular flexibility index (Phi) is 3.63. The molecule has 0 aliphatic carbocycles. The highest BCUT2D eigenvalue weighted by Crippen LogP contribution is 2.39. The number of phenols is 1. The summed E-state index contributed by atoms with van der Waals surface area (Å²) in [5.74, 6) is 1.54. The summed E-state index contributed by atoms with van der Waals surface area (Å²) in [6.45, 7) is 0.659. The molecule has 0 amide bonds. The number of halogens is 2. The summed E-state index contributed by atoms with van der Waals surface area (Å²) in [6.07, 6.45) is 0. The second-order valence-corrected chi connectivity index (χ2v) is 5.63. The molecule has 0 radical (unpaired) electrons. The van der Waals surface area contributed by atoms with Crippen molar-refractivity contribution in [3.8, 4) is 17.2 Å². The molecule has 20 heavy (non-hydrogen) atoms. The van der Waals surface area contributed by atoms with Crippen molar-refractivity contribution in [2.45, 2.75) is 6.54 Å². The summed E-state index contributed by atoms with van der Waals surface area (Å²) < 4.78 is 11.5. The number of fused-ring (bicyclic) bond motifs is 1. The van der Waals surface area contributed by atoms with Crippen molar-refractivity contribution in [3.05, 3.63) is 45.4 Å². The van der Waals surface area contributed by atoms with Crippen molar-refractivity contribution >= 4 is 33.2 Å². The number of ether oxygens (including phenoxy) is 2. The van der Waals surface area contributed by atoms with Gasteiger partial charge in [0.1, 0.15) is 5.75 Å². The second-order valence-electron chi connectivity index (χ2n) is 4.31. The van der Waals surface area contributed by atoms with Gasteiger partial charge in [0.25, 0.3) is 0 Å². The molecule has 0 saturated heterocycles. The number of phenolic OH excluding ortho intramolecular Hbond substituents is 1. The van der Waals surface area contributed by atoms with Crippen LogP contribution in [-0.4, -0.2) is 11.9 Å². The molecular weight excluding hydrogens is 346 g/mol. The molecule has 3 rings (SSSR count). The Bertz CT molecular complexity index is 663. The number of benzene rings is 2. The SMILES string of the molecule is Oc1ccc(Br)cc1CNc1cc2c(cc1Cl)OCO2. The summed E-state index contributed by atoms with van der Waals surface area (Å²) in [4.78, 5) is 0. The predicted octanol–water partition coefficient (Wildman–Crippen LogP) is 4.15. The van der Waals surface area contributed by atoms with Crippen LogP contribution in [0.3, 0.4) is 0 Å². The minimum atomic E-state index is 0.210. The lowest BCUT2D eigenvalue weighted by molar-refractivity contribution is 0.174. The van der Waals surface area contributed by atoms with E-state index >= 15 is 0 Å². The molecule has 4 nitrogen and oxygen atoms in total. The van der Waals surface area contributed by atoms with Crippen molar-refractivity contribution < 1.29 is 14.6 Å². The molecule has 0 aromatic heterocycles. The van der Waals surface area contributed by atoms with Crippen molar-refractivity contribution in [2.75, 3.05) is 12.1 Å². The van der Waals surface area contributed by atoms with Gasteiger partial charge in [-0.05, 0) is 18.2 Å². The number of hydrogen-bond donors (Lipinski definition) is 2. The Balaban J connectivity index is 1.80. The molecule has 1 aliphatic rings. The van der Waals surface area contributed by atoms with Crippen LogP contribution in [0, 0.1) is 0 Å². The van der Waals surface area contributed by atoms with Gasteiger partial charge in [-0.1, -0.05) is 27.5 Å². The van der Waals surface area contributed by atoms with Crippen LogP contribution in [0.2, 0.25) is 5.02 Å². The highest BCUT2D eigenvalue weighted by Gasteiger charge is 2.16. The van der Waals surface area contributed by atoms with E-state index in [4.69, 9.17) is 21.1 Å². The van der Waals surface area contributed by atoms with E-state index in [9.17, 15) is 5.11 Å². The second kappa shape index (κ2) is 5.42. The fourth-order valence-corrected chi connectivity index (χ4v) is 2.57.